The zero-order valence-corrected chi connectivity index (χ0v) is 10.5. The summed E-state index contributed by atoms with van der Waals surface area (Å²) >= 11 is 1.21. The molecule has 0 spiro atoms. The highest BCUT2D eigenvalue weighted by molar-refractivity contribution is 7.14. The highest BCUT2D eigenvalue weighted by Crippen LogP contribution is 2.16. The van der Waals surface area contributed by atoms with Crippen LogP contribution in [0, 0.1) is 0 Å². The van der Waals surface area contributed by atoms with Gasteiger partial charge in [0, 0.05) is 26.0 Å². The van der Waals surface area contributed by atoms with Gasteiger partial charge in [-0.05, 0) is 0 Å². The standard InChI is InChI=1S/C10H15N3O3S/c1-6(14)8-5-17-10(12-8)13-9(15)3-7(4-11)16-2/h5,7H,3-4,11H2,1-2H3,(H,12,13,15). The fraction of sp³-hybridized carbons (Fsp3) is 0.500. The largest absolute Gasteiger partial charge is 0.380 e. The number of Topliss-reactive ketones (excluding diaryl/α,β-unsaturated/α-hetero) is 1. The number of carbonyl (C=O) groups is 2. The number of carbonyl (C=O) groups excluding carboxylic acids is 2. The number of amides is 1. The van der Waals surface area contributed by atoms with E-state index in [0.29, 0.717) is 10.8 Å². The average molecular weight is 257 g/mol. The molecular formula is C10H15N3O3S. The predicted octanol–water partition coefficient (Wildman–Crippen LogP) is 0.648. The molecule has 7 heteroatoms. The van der Waals surface area contributed by atoms with Gasteiger partial charge in [-0.15, -0.1) is 11.3 Å². The maximum absolute atomic E-state index is 11.6. The third kappa shape index (κ3) is 4.22. The van der Waals surface area contributed by atoms with E-state index in [1.165, 1.54) is 25.4 Å². The van der Waals surface area contributed by atoms with E-state index >= 15 is 0 Å². The van der Waals surface area contributed by atoms with Gasteiger partial charge in [-0.2, -0.15) is 0 Å². The molecule has 1 unspecified atom stereocenters. The molecule has 0 aromatic carbocycles. The second kappa shape index (κ2) is 6.43. The molecule has 0 saturated heterocycles. The monoisotopic (exact) mass is 257 g/mol. The number of rotatable bonds is 6. The second-order valence-corrected chi connectivity index (χ2v) is 4.30. The van der Waals surface area contributed by atoms with Crippen LogP contribution < -0.4 is 11.1 Å². The minimum atomic E-state index is -0.303. The first-order valence-corrected chi connectivity index (χ1v) is 5.94. The number of nitrogens with two attached hydrogens (primary N) is 1. The number of ether oxygens (including phenoxy) is 1. The highest BCUT2D eigenvalue weighted by atomic mass is 32.1. The Balaban J connectivity index is 2.52. The van der Waals surface area contributed by atoms with Crippen molar-refractivity contribution in [1.82, 2.24) is 4.98 Å². The van der Waals surface area contributed by atoms with Crippen molar-refractivity contribution >= 4 is 28.2 Å². The first-order chi connectivity index (χ1) is 8.06. The Bertz CT molecular complexity index is 401. The Kier molecular flexibility index (Phi) is 5.20. The van der Waals surface area contributed by atoms with E-state index in [9.17, 15) is 9.59 Å². The number of hydrogen-bond acceptors (Lipinski definition) is 6. The average Bonchev–Trinajstić information content (AvgIpc) is 2.74. The molecule has 1 amide bonds. The number of nitrogens with one attached hydrogen (secondary N) is 1. The Morgan fingerprint density at radius 2 is 2.35 bits per heavy atom. The van der Waals surface area contributed by atoms with E-state index < -0.39 is 0 Å². The summed E-state index contributed by atoms with van der Waals surface area (Å²) in [5.74, 6) is -0.356. The van der Waals surface area contributed by atoms with Crippen LogP contribution >= 0.6 is 11.3 Å². The molecule has 1 rings (SSSR count). The molecule has 1 aromatic rings. The van der Waals surface area contributed by atoms with Crippen molar-refractivity contribution in [3.63, 3.8) is 0 Å². The van der Waals surface area contributed by atoms with Gasteiger partial charge in [0.15, 0.2) is 10.9 Å². The summed E-state index contributed by atoms with van der Waals surface area (Å²) in [6.07, 6.45) is -0.135. The minimum Gasteiger partial charge on any atom is -0.380 e. The normalized spacial score (nSPS) is 12.2. The number of aromatic nitrogens is 1. The smallest absolute Gasteiger partial charge is 0.228 e. The Morgan fingerprint density at radius 3 is 2.82 bits per heavy atom. The van der Waals surface area contributed by atoms with Crippen molar-refractivity contribution in [3.8, 4) is 0 Å². The van der Waals surface area contributed by atoms with Crippen LogP contribution in [0.1, 0.15) is 23.8 Å². The zero-order chi connectivity index (χ0) is 12.8. The van der Waals surface area contributed by atoms with Crippen LogP contribution in [0.2, 0.25) is 0 Å². The Hall–Kier alpha value is -1.31. The van der Waals surface area contributed by atoms with Gasteiger partial charge in [0.25, 0.3) is 0 Å². The van der Waals surface area contributed by atoms with E-state index in [1.807, 2.05) is 0 Å². The van der Waals surface area contributed by atoms with Gasteiger partial charge in [-0.25, -0.2) is 4.98 Å². The van der Waals surface area contributed by atoms with Gasteiger partial charge < -0.3 is 15.8 Å². The van der Waals surface area contributed by atoms with Gasteiger partial charge in [-0.3, -0.25) is 9.59 Å². The summed E-state index contributed by atoms with van der Waals surface area (Å²) < 4.78 is 4.99. The van der Waals surface area contributed by atoms with E-state index in [2.05, 4.69) is 10.3 Å². The fourth-order valence-electron chi connectivity index (χ4n) is 1.13. The second-order valence-electron chi connectivity index (χ2n) is 3.44. The van der Waals surface area contributed by atoms with Crippen molar-refractivity contribution in [1.29, 1.82) is 0 Å². The lowest BCUT2D eigenvalue weighted by molar-refractivity contribution is -0.118. The molecule has 0 aliphatic carbocycles. The third-order valence-corrected chi connectivity index (χ3v) is 2.88. The van der Waals surface area contributed by atoms with Crippen LogP contribution in [0.15, 0.2) is 5.38 Å². The molecule has 0 aliphatic rings. The number of thiazole rings is 1. The van der Waals surface area contributed by atoms with E-state index in [-0.39, 0.29) is 30.8 Å². The number of methoxy groups -OCH3 is 1. The van der Waals surface area contributed by atoms with Crippen molar-refractivity contribution < 1.29 is 14.3 Å². The third-order valence-electron chi connectivity index (χ3n) is 2.12. The van der Waals surface area contributed by atoms with Gasteiger partial charge in [-0.1, -0.05) is 0 Å². The summed E-state index contributed by atoms with van der Waals surface area (Å²) in [5, 5.41) is 4.61. The van der Waals surface area contributed by atoms with Crippen molar-refractivity contribution in [2.24, 2.45) is 5.73 Å². The summed E-state index contributed by atoms with van der Waals surface area (Å²) in [6.45, 7) is 1.70. The molecule has 0 saturated carbocycles. The van der Waals surface area contributed by atoms with Crippen LogP contribution in [0.5, 0.6) is 0 Å². The van der Waals surface area contributed by atoms with E-state index in [4.69, 9.17) is 10.5 Å². The summed E-state index contributed by atoms with van der Waals surface area (Å²) in [5.41, 5.74) is 5.76. The van der Waals surface area contributed by atoms with Gasteiger partial charge in [0.2, 0.25) is 5.91 Å². The Labute approximate surface area is 103 Å². The van der Waals surface area contributed by atoms with Crippen LogP contribution in [0.25, 0.3) is 0 Å². The van der Waals surface area contributed by atoms with Gasteiger partial charge in [0.1, 0.15) is 5.69 Å². The molecule has 0 radical (unpaired) electrons. The molecule has 1 atom stereocenters. The quantitative estimate of drug-likeness (QED) is 0.730. The molecule has 1 aromatic heterocycles. The topological polar surface area (TPSA) is 94.3 Å². The van der Waals surface area contributed by atoms with Crippen LogP contribution in [0.3, 0.4) is 0 Å². The maximum Gasteiger partial charge on any atom is 0.228 e. The molecular weight excluding hydrogens is 242 g/mol. The van der Waals surface area contributed by atoms with Crippen LogP contribution in [-0.2, 0) is 9.53 Å². The SMILES string of the molecule is COC(CN)CC(=O)Nc1nc(C(C)=O)cs1. The summed E-state index contributed by atoms with van der Waals surface area (Å²) in [6, 6.07) is 0. The van der Waals surface area contributed by atoms with E-state index in [1.54, 1.807) is 5.38 Å². The molecule has 1 heterocycles. The predicted molar refractivity (Wildman–Crippen MR) is 65.2 cm³/mol. The lowest BCUT2D eigenvalue weighted by Crippen LogP contribution is -2.28. The fourth-order valence-corrected chi connectivity index (χ4v) is 1.90. The van der Waals surface area contributed by atoms with E-state index in [0.717, 1.165) is 0 Å². The first kappa shape index (κ1) is 13.8. The number of ketones is 1. The first-order valence-electron chi connectivity index (χ1n) is 5.06. The molecule has 0 fully saturated rings. The molecule has 17 heavy (non-hydrogen) atoms. The highest BCUT2D eigenvalue weighted by Gasteiger charge is 2.13. The van der Waals surface area contributed by atoms with Crippen LogP contribution in [0.4, 0.5) is 5.13 Å². The zero-order valence-electron chi connectivity index (χ0n) is 9.73. The molecule has 0 aliphatic heterocycles. The minimum absolute atomic E-state index is 0.126. The van der Waals surface area contributed by atoms with Crippen LogP contribution in [-0.4, -0.2) is 36.4 Å². The number of hydrogen-bond donors (Lipinski definition) is 2. The van der Waals surface area contributed by atoms with Crippen molar-refractivity contribution in [2.45, 2.75) is 19.4 Å². The maximum atomic E-state index is 11.6. The lowest BCUT2D eigenvalue weighted by atomic mass is 10.2. The lowest BCUT2D eigenvalue weighted by Gasteiger charge is -2.11. The van der Waals surface area contributed by atoms with Crippen molar-refractivity contribution in [3.05, 3.63) is 11.1 Å². The van der Waals surface area contributed by atoms with Gasteiger partial charge in [0.05, 0.1) is 12.5 Å². The van der Waals surface area contributed by atoms with Crippen molar-refractivity contribution in [2.75, 3.05) is 19.0 Å². The number of anilines is 1. The molecule has 0 bridgehead atoms. The van der Waals surface area contributed by atoms with Gasteiger partial charge >= 0.3 is 0 Å². The summed E-state index contributed by atoms with van der Waals surface area (Å²) in [7, 11) is 1.50. The molecule has 94 valence electrons. The molecule has 3 N–H and O–H groups in total. The summed E-state index contributed by atoms with van der Waals surface area (Å²) in [4.78, 5) is 26.5. The molecule has 6 nitrogen and oxygen atoms in total. The Morgan fingerprint density at radius 1 is 1.65 bits per heavy atom. The number of nitrogens with zero attached hydrogens (tertiary/aromatic N) is 1.